The quantitative estimate of drug-likeness (QED) is 0.846. The number of anilines is 1. The van der Waals surface area contributed by atoms with Crippen molar-refractivity contribution in [3.63, 3.8) is 0 Å². The Morgan fingerprint density at radius 3 is 2.39 bits per heavy atom. The first-order valence-corrected chi connectivity index (χ1v) is 7.48. The molecule has 0 aromatic heterocycles. The summed E-state index contributed by atoms with van der Waals surface area (Å²) in [5, 5.41) is 13.0. The molecular formula is C15H19BrN2. The zero-order chi connectivity index (χ0) is 12.8. The maximum Gasteiger partial charge on any atom is 0.125 e. The van der Waals surface area contributed by atoms with Crippen molar-refractivity contribution in [2.24, 2.45) is 0 Å². The normalized spacial score (nSPS) is 19.3. The topological polar surface area (TPSA) is 35.8 Å². The SMILES string of the molecule is N#CC1(Nc2cccc(Br)c2)CCCCCCC1. The number of halogens is 1. The molecule has 1 N–H and O–H groups in total. The van der Waals surface area contributed by atoms with E-state index in [0.717, 1.165) is 35.8 Å². The van der Waals surface area contributed by atoms with Gasteiger partial charge in [-0.05, 0) is 31.0 Å². The Morgan fingerprint density at radius 2 is 1.78 bits per heavy atom. The summed E-state index contributed by atoms with van der Waals surface area (Å²) in [6.07, 6.45) is 8.03. The van der Waals surface area contributed by atoms with E-state index in [1.54, 1.807) is 0 Å². The molecule has 0 unspecified atom stereocenters. The van der Waals surface area contributed by atoms with Gasteiger partial charge < -0.3 is 5.32 Å². The van der Waals surface area contributed by atoms with Crippen LogP contribution in [0.25, 0.3) is 0 Å². The van der Waals surface area contributed by atoms with Gasteiger partial charge in [0.25, 0.3) is 0 Å². The van der Waals surface area contributed by atoms with Gasteiger partial charge in [-0.3, -0.25) is 0 Å². The summed E-state index contributed by atoms with van der Waals surface area (Å²) in [5.41, 5.74) is 0.660. The minimum absolute atomic E-state index is 0.374. The smallest absolute Gasteiger partial charge is 0.125 e. The Balaban J connectivity index is 2.13. The molecule has 0 aliphatic heterocycles. The van der Waals surface area contributed by atoms with E-state index in [1.165, 1.54) is 19.3 Å². The molecule has 0 amide bonds. The highest BCUT2D eigenvalue weighted by Crippen LogP contribution is 2.30. The molecule has 0 heterocycles. The molecule has 1 fully saturated rings. The first kappa shape index (κ1) is 13.4. The lowest BCUT2D eigenvalue weighted by molar-refractivity contribution is 0.410. The summed E-state index contributed by atoms with van der Waals surface area (Å²) >= 11 is 3.47. The highest BCUT2D eigenvalue weighted by molar-refractivity contribution is 9.10. The number of benzene rings is 1. The van der Waals surface area contributed by atoms with E-state index in [0.29, 0.717) is 0 Å². The van der Waals surface area contributed by atoms with Gasteiger partial charge in [0.15, 0.2) is 0 Å². The zero-order valence-corrected chi connectivity index (χ0v) is 12.2. The van der Waals surface area contributed by atoms with Gasteiger partial charge in [0.1, 0.15) is 5.54 Å². The second kappa shape index (κ2) is 6.24. The molecule has 0 bridgehead atoms. The molecule has 0 spiro atoms. The van der Waals surface area contributed by atoms with Crippen molar-refractivity contribution in [2.75, 3.05) is 5.32 Å². The van der Waals surface area contributed by atoms with Gasteiger partial charge >= 0.3 is 0 Å². The summed E-state index contributed by atoms with van der Waals surface area (Å²) in [5.74, 6) is 0. The number of hydrogen-bond donors (Lipinski definition) is 1. The Morgan fingerprint density at radius 1 is 1.11 bits per heavy atom. The second-order valence-electron chi connectivity index (χ2n) is 5.10. The van der Waals surface area contributed by atoms with Crippen molar-refractivity contribution in [1.29, 1.82) is 5.26 Å². The highest BCUT2D eigenvalue weighted by Gasteiger charge is 2.29. The highest BCUT2D eigenvalue weighted by atomic mass is 79.9. The van der Waals surface area contributed by atoms with Crippen molar-refractivity contribution in [3.8, 4) is 6.07 Å². The van der Waals surface area contributed by atoms with Gasteiger partial charge in [-0.15, -0.1) is 0 Å². The van der Waals surface area contributed by atoms with Crippen LogP contribution in [0.5, 0.6) is 0 Å². The molecule has 0 radical (unpaired) electrons. The predicted octanol–water partition coefficient (Wildman–Crippen LogP) is 4.87. The van der Waals surface area contributed by atoms with E-state index in [9.17, 15) is 5.26 Å². The molecule has 0 atom stereocenters. The molecular weight excluding hydrogens is 288 g/mol. The van der Waals surface area contributed by atoms with Crippen molar-refractivity contribution in [2.45, 2.75) is 50.5 Å². The molecule has 18 heavy (non-hydrogen) atoms. The van der Waals surface area contributed by atoms with Crippen LogP contribution in [0.2, 0.25) is 0 Å². The minimum atomic E-state index is -0.374. The summed E-state index contributed by atoms with van der Waals surface area (Å²) in [4.78, 5) is 0. The van der Waals surface area contributed by atoms with E-state index < -0.39 is 0 Å². The van der Waals surface area contributed by atoms with Crippen LogP contribution >= 0.6 is 15.9 Å². The van der Waals surface area contributed by atoms with E-state index in [1.807, 2.05) is 24.3 Å². The Kier molecular flexibility index (Phi) is 4.66. The third kappa shape index (κ3) is 3.49. The lowest BCUT2D eigenvalue weighted by atomic mass is 9.85. The van der Waals surface area contributed by atoms with Crippen LogP contribution in [0.3, 0.4) is 0 Å². The molecule has 1 saturated carbocycles. The van der Waals surface area contributed by atoms with Crippen molar-refractivity contribution in [1.82, 2.24) is 0 Å². The predicted molar refractivity (Wildman–Crippen MR) is 78.4 cm³/mol. The van der Waals surface area contributed by atoms with Gasteiger partial charge in [-0.1, -0.05) is 54.1 Å². The maximum absolute atomic E-state index is 9.56. The number of rotatable bonds is 2. The first-order valence-electron chi connectivity index (χ1n) is 6.69. The first-order chi connectivity index (χ1) is 8.74. The number of nitrogens with zero attached hydrogens (tertiary/aromatic N) is 1. The molecule has 0 saturated heterocycles. The van der Waals surface area contributed by atoms with E-state index in [-0.39, 0.29) is 5.54 Å². The van der Waals surface area contributed by atoms with Gasteiger partial charge in [0.05, 0.1) is 6.07 Å². The minimum Gasteiger partial charge on any atom is -0.367 e. The second-order valence-corrected chi connectivity index (χ2v) is 6.01. The van der Waals surface area contributed by atoms with Gasteiger partial charge in [-0.25, -0.2) is 0 Å². The summed E-state index contributed by atoms with van der Waals surface area (Å²) in [6, 6.07) is 10.6. The molecule has 3 heteroatoms. The summed E-state index contributed by atoms with van der Waals surface area (Å²) in [7, 11) is 0. The van der Waals surface area contributed by atoms with E-state index in [2.05, 4.69) is 27.3 Å². The molecule has 1 aliphatic rings. The average Bonchev–Trinajstić information content (AvgIpc) is 2.33. The van der Waals surface area contributed by atoms with Crippen LogP contribution in [0, 0.1) is 11.3 Å². The number of nitriles is 1. The summed E-state index contributed by atoms with van der Waals surface area (Å²) in [6.45, 7) is 0. The third-order valence-corrected chi connectivity index (χ3v) is 4.12. The molecule has 2 nitrogen and oxygen atoms in total. The van der Waals surface area contributed by atoms with E-state index in [4.69, 9.17) is 0 Å². The molecule has 1 aromatic rings. The van der Waals surface area contributed by atoms with Crippen LogP contribution in [-0.2, 0) is 0 Å². The zero-order valence-electron chi connectivity index (χ0n) is 10.6. The fourth-order valence-corrected chi connectivity index (χ4v) is 3.02. The van der Waals surface area contributed by atoms with Crippen LogP contribution < -0.4 is 5.32 Å². The van der Waals surface area contributed by atoms with Crippen molar-refractivity contribution in [3.05, 3.63) is 28.7 Å². The number of hydrogen-bond acceptors (Lipinski definition) is 2. The fourth-order valence-electron chi connectivity index (χ4n) is 2.62. The fraction of sp³-hybridized carbons (Fsp3) is 0.533. The van der Waals surface area contributed by atoms with Crippen LogP contribution in [0.15, 0.2) is 28.7 Å². The summed E-state index contributed by atoms with van der Waals surface area (Å²) < 4.78 is 1.05. The van der Waals surface area contributed by atoms with Crippen molar-refractivity contribution < 1.29 is 0 Å². The van der Waals surface area contributed by atoms with E-state index >= 15 is 0 Å². The monoisotopic (exact) mass is 306 g/mol. The Bertz CT molecular complexity index is 428. The average molecular weight is 307 g/mol. The Hall–Kier alpha value is -1.01. The maximum atomic E-state index is 9.56. The van der Waals surface area contributed by atoms with Gasteiger partial charge in [0.2, 0.25) is 0 Å². The standard InChI is InChI=1S/C15H19BrN2/c16-13-7-6-8-14(11-13)18-15(12-17)9-4-2-1-3-5-10-15/h6-8,11,18H,1-5,9-10H2. The third-order valence-electron chi connectivity index (χ3n) is 3.63. The van der Waals surface area contributed by atoms with Crippen molar-refractivity contribution >= 4 is 21.6 Å². The van der Waals surface area contributed by atoms with Crippen LogP contribution in [-0.4, -0.2) is 5.54 Å². The molecule has 1 aliphatic carbocycles. The Labute approximate surface area is 118 Å². The van der Waals surface area contributed by atoms with Gasteiger partial charge in [0, 0.05) is 10.2 Å². The van der Waals surface area contributed by atoms with Crippen LogP contribution in [0.4, 0.5) is 5.69 Å². The van der Waals surface area contributed by atoms with Crippen LogP contribution in [0.1, 0.15) is 44.9 Å². The largest absolute Gasteiger partial charge is 0.367 e. The van der Waals surface area contributed by atoms with Gasteiger partial charge in [-0.2, -0.15) is 5.26 Å². The lowest BCUT2D eigenvalue weighted by Gasteiger charge is -2.30. The lowest BCUT2D eigenvalue weighted by Crippen LogP contribution is -2.37. The number of nitrogens with one attached hydrogen (secondary N) is 1. The molecule has 1 aromatic carbocycles. The molecule has 2 rings (SSSR count). The molecule has 96 valence electrons.